The second-order valence-corrected chi connectivity index (χ2v) is 9.06. The normalized spacial score (nSPS) is 17.1. The van der Waals surface area contributed by atoms with E-state index in [1.165, 1.54) is 5.56 Å². The van der Waals surface area contributed by atoms with Gasteiger partial charge < -0.3 is 21.3 Å². The van der Waals surface area contributed by atoms with Gasteiger partial charge in [0.15, 0.2) is 0 Å². The Morgan fingerprint density at radius 1 is 0.941 bits per heavy atom. The van der Waals surface area contributed by atoms with Crippen LogP contribution in [0, 0.1) is 0 Å². The molecule has 2 atom stereocenters. The minimum atomic E-state index is -0.552. The van der Waals surface area contributed by atoms with E-state index in [0.717, 1.165) is 30.0 Å². The minimum Gasteiger partial charge on any atom is -0.335 e. The molecule has 1 heterocycles. The van der Waals surface area contributed by atoms with Crippen LogP contribution in [-0.2, 0) is 11.2 Å². The summed E-state index contributed by atoms with van der Waals surface area (Å²) < 4.78 is 0. The number of benzene rings is 3. The Labute approximate surface area is 201 Å². The Kier molecular flexibility index (Phi) is 7.93. The smallest absolute Gasteiger partial charge is 0.254 e. The first-order valence-corrected chi connectivity index (χ1v) is 12.1. The quantitative estimate of drug-likeness (QED) is 0.542. The molecule has 34 heavy (non-hydrogen) atoms. The van der Waals surface area contributed by atoms with Crippen LogP contribution in [0.25, 0.3) is 10.8 Å². The first-order chi connectivity index (χ1) is 16.6. The number of piperazine rings is 1. The second-order valence-electron chi connectivity index (χ2n) is 9.06. The summed E-state index contributed by atoms with van der Waals surface area (Å²) in [6, 6.07) is 23.3. The lowest BCUT2D eigenvalue weighted by Gasteiger charge is -2.42. The van der Waals surface area contributed by atoms with E-state index in [1.54, 1.807) is 0 Å². The summed E-state index contributed by atoms with van der Waals surface area (Å²) in [5.74, 6) is -0.0280. The molecule has 1 aliphatic heterocycles. The molecule has 0 aromatic heterocycles. The van der Waals surface area contributed by atoms with Crippen LogP contribution in [0.2, 0.25) is 0 Å². The van der Waals surface area contributed by atoms with E-state index in [2.05, 4.69) is 12.1 Å². The third-order valence-corrected chi connectivity index (χ3v) is 6.69. The van der Waals surface area contributed by atoms with Crippen molar-refractivity contribution in [3.8, 4) is 0 Å². The molecule has 0 aliphatic carbocycles. The number of amides is 2. The van der Waals surface area contributed by atoms with E-state index < -0.39 is 6.04 Å². The fraction of sp³-hybridized carbons (Fsp3) is 0.357. The Bertz CT molecular complexity index is 1120. The molecule has 1 saturated heterocycles. The Morgan fingerprint density at radius 2 is 1.68 bits per heavy atom. The monoisotopic (exact) mass is 458 g/mol. The molecule has 4 N–H and O–H groups in total. The fourth-order valence-electron chi connectivity index (χ4n) is 4.74. The number of carbonyl (C=O) groups is 2. The van der Waals surface area contributed by atoms with Gasteiger partial charge in [0.2, 0.25) is 5.91 Å². The summed E-state index contributed by atoms with van der Waals surface area (Å²) in [6.07, 6.45) is 2.92. The average molecular weight is 459 g/mol. The molecule has 178 valence electrons. The van der Waals surface area contributed by atoms with Gasteiger partial charge in [0.05, 0.1) is 6.04 Å². The lowest BCUT2D eigenvalue weighted by molar-refractivity contribution is -0.137. The maximum absolute atomic E-state index is 13.3. The van der Waals surface area contributed by atoms with Gasteiger partial charge in [-0.05, 0) is 60.7 Å². The summed E-state index contributed by atoms with van der Waals surface area (Å²) >= 11 is 0. The topological polar surface area (TPSA) is 92.7 Å². The molecule has 6 heteroatoms. The molecule has 3 aromatic carbocycles. The molecule has 0 bridgehead atoms. The lowest BCUT2D eigenvalue weighted by Crippen LogP contribution is -2.59. The number of aryl methyl sites for hydroxylation is 1. The molecule has 4 rings (SSSR count). The van der Waals surface area contributed by atoms with Crippen LogP contribution in [-0.4, -0.2) is 59.9 Å². The second kappa shape index (κ2) is 11.3. The SMILES string of the molecule is NCCC[C@H]1CN(C(=O)c2ccc3ccccc3c2)CCN1C(=O)[C@@H](N)CCc1ccccc1. The predicted molar refractivity (Wildman–Crippen MR) is 136 cm³/mol. The number of nitrogens with zero attached hydrogens (tertiary/aromatic N) is 2. The molecule has 2 amide bonds. The van der Waals surface area contributed by atoms with Crippen molar-refractivity contribution in [3.63, 3.8) is 0 Å². The minimum absolute atomic E-state index is 0.00368. The first-order valence-electron chi connectivity index (χ1n) is 12.1. The van der Waals surface area contributed by atoms with Gasteiger partial charge >= 0.3 is 0 Å². The zero-order valence-electron chi connectivity index (χ0n) is 19.6. The highest BCUT2D eigenvalue weighted by atomic mass is 16.2. The third kappa shape index (κ3) is 5.64. The third-order valence-electron chi connectivity index (χ3n) is 6.69. The Balaban J connectivity index is 1.42. The number of nitrogens with two attached hydrogens (primary N) is 2. The van der Waals surface area contributed by atoms with Gasteiger partial charge in [-0.2, -0.15) is 0 Å². The highest BCUT2D eigenvalue weighted by molar-refractivity contribution is 5.98. The zero-order chi connectivity index (χ0) is 23.9. The molecule has 0 saturated carbocycles. The first kappa shape index (κ1) is 23.9. The maximum Gasteiger partial charge on any atom is 0.254 e. The van der Waals surface area contributed by atoms with Crippen LogP contribution in [0.4, 0.5) is 0 Å². The summed E-state index contributed by atoms with van der Waals surface area (Å²) in [5, 5.41) is 2.16. The number of fused-ring (bicyclic) bond motifs is 1. The summed E-state index contributed by atoms with van der Waals surface area (Å²) in [5.41, 5.74) is 14.0. The van der Waals surface area contributed by atoms with Gasteiger partial charge in [-0.25, -0.2) is 0 Å². The zero-order valence-corrected chi connectivity index (χ0v) is 19.6. The van der Waals surface area contributed by atoms with Gasteiger partial charge in [0.25, 0.3) is 5.91 Å². The average Bonchev–Trinajstić information content (AvgIpc) is 2.89. The molecule has 3 aromatic rings. The van der Waals surface area contributed by atoms with Gasteiger partial charge in [0, 0.05) is 31.2 Å². The van der Waals surface area contributed by atoms with E-state index in [0.29, 0.717) is 38.2 Å². The number of carbonyl (C=O) groups excluding carboxylic acids is 2. The van der Waals surface area contributed by atoms with Gasteiger partial charge in [-0.15, -0.1) is 0 Å². The highest BCUT2D eigenvalue weighted by Crippen LogP contribution is 2.21. The van der Waals surface area contributed by atoms with Crippen LogP contribution < -0.4 is 11.5 Å². The highest BCUT2D eigenvalue weighted by Gasteiger charge is 2.34. The van der Waals surface area contributed by atoms with Crippen molar-refractivity contribution in [2.24, 2.45) is 11.5 Å². The van der Waals surface area contributed by atoms with Crippen molar-refractivity contribution in [1.82, 2.24) is 9.80 Å². The molecule has 0 radical (unpaired) electrons. The summed E-state index contributed by atoms with van der Waals surface area (Å²) in [6.45, 7) is 2.05. The predicted octanol–water partition coefficient (Wildman–Crippen LogP) is 3.19. The van der Waals surface area contributed by atoms with Crippen molar-refractivity contribution in [2.75, 3.05) is 26.2 Å². The van der Waals surface area contributed by atoms with Crippen LogP contribution in [0.5, 0.6) is 0 Å². The van der Waals surface area contributed by atoms with E-state index in [-0.39, 0.29) is 17.9 Å². The molecule has 6 nitrogen and oxygen atoms in total. The van der Waals surface area contributed by atoms with Gasteiger partial charge in [-0.1, -0.05) is 60.7 Å². The molecular weight excluding hydrogens is 424 g/mol. The van der Waals surface area contributed by atoms with Gasteiger partial charge in [-0.3, -0.25) is 9.59 Å². The van der Waals surface area contributed by atoms with Gasteiger partial charge in [0.1, 0.15) is 0 Å². The summed E-state index contributed by atoms with van der Waals surface area (Å²) in [4.78, 5) is 30.3. The molecular formula is C28H34N4O2. The Hall–Kier alpha value is -3.22. The van der Waals surface area contributed by atoms with E-state index in [9.17, 15) is 9.59 Å². The number of hydrogen-bond donors (Lipinski definition) is 2. The van der Waals surface area contributed by atoms with E-state index in [1.807, 2.05) is 70.5 Å². The number of hydrogen-bond acceptors (Lipinski definition) is 4. The molecule has 1 aliphatic rings. The van der Waals surface area contributed by atoms with Crippen LogP contribution in [0.1, 0.15) is 35.2 Å². The Morgan fingerprint density at radius 3 is 2.44 bits per heavy atom. The van der Waals surface area contributed by atoms with Crippen molar-refractivity contribution in [1.29, 1.82) is 0 Å². The number of rotatable bonds is 8. The van der Waals surface area contributed by atoms with Crippen molar-refractivity contribution >= 4 is 22.6 Å². The standard InChI is InChI=1S/C28H34N4O2/c29-16-6-11-25-20-31(27(33)24-14-13-22-9-4-5-10-23(22)19-24)17-18-32(25)28(34)26(30)15-12-21-7-2-1-3-8-21/h1-5,7-10,13-14,19,25-26H,6,11-12,15-18,20,29-30H2/t25-,26-/m0/s1. The molecule has 1 fully saturated rings. The summed E-state index contributed by atoms with van der Waals surface area (Å²) in [7, 11) is 0. The van der Waals surface area contributed by atoms with Crippen LogP contribution >= 0.6 is 0 Å². The van der Waals surface area contributed by atoms with Crippen molar-refractivity contribution < 1.29 is 9.59 Å². The largest absolute Gasteiger partial charge is 0.335 e. The maximum atomic E-state index is 13.3. The van der Waals surface area contributed by atoms with E-state index >= 15 is 0 Å². The van der Waals surface area contributed by atoms with Crippen LogP contribution in [0.15, 0.2) is 72.8 Å². The molecule has 0 unspecified atom stereocenters. The molecule has 0 spiro atoms. The van der Waals surface area contributed by atoms with Crippen molar-refractivity contribution in [3.05, 3.63) is 83.9 Å². The van der Waals surface area contributed by atoms with Crippen LogP contribution in [0.3, 0.4) is 0 Å². The van der Waals surface area contributed by atoms with E-state index in [4.69, 9.17) is 11.5 Å². The lowest BCUT2D eigenvalue weighted by atomic mass is 10.0. The fourth-order valence-corrected chi connectivity index (χ4v) is 4.74. The van der Waals surface area contributed by atoms with Crippen molar-refractivity contribution in [2.45, 2.75) is 37.8 Å².